The van der Waals surface area contributed by atoms with Gasteiger partial charge in [0.2, 0.25) is 11.5 Å². The number of hydrogen-bond acceptors (Lipinski definition) is 8. The number of amides is 1. The second kappa shape index (κ2) is 13.0. The van der Waals surface area contributed by atoms with Crippen LogP contribution in [0, 0.1) is 0 Å². The molecule has 2 N–H and O–H groups in total. The van der Waals surface area contributed by atoms with Gasteiger partial charge in [-0.1, -0.05) is 43.9 Å². The molecule has 0 aliphatic heterocycles. The van der Waals surface area contributed by atoms with E-state index in [9.17, 15) is 23.1 Å². The molecule has 0 fully saturated rings. The number of rotatable bonds is 12. The van der Waals surface area contributed by atoms with E-state index in [1.807, 2.05) is 0 Å². The summed E-state index contributed by atoms with van der Waals surface area (Å²) in [7, 11) is 0.809. The fraction of sp³-hybridized carbons (Fsp3) is 0.423. The topological polar surface area (TPSA) is 119 Å². The molecule has 1 atom stereocenters. The summed E-state index contributed by atoms with van der Waals surface area (Å²) >= 11 is 6.33. The first-order valence-corrected chi connectivity index (χ1v) is 12.6. The zero-order valence-corrected chi connectivity index (χ0v) is 22.4. The summed E-state index contributed by atoms with van der Waals surface area (Å²) in [4.78, 5) is 28.8. The average molecular weight is 568 g/mol. The number of carbonyl (C=O) groups is 1. The van der Waals surface area contributed by atoms with E-state index in [2.05, 4.69) is 36.9 Å². The lowest BCUT2D eigenvalue weighted by atomic mass is 10.0. The number of hydrogen-bond donors (Lipinski definition) is 2. The number of ether oxygens (including phenoxy) is 2. The van der Waals surface area contributed by atoms with Crippen LogP contribution in [0.25, 0.3) is 22.8 Å². The number of halogens is 4. The van der Waals surface area contributed by atoms with E-state index < -0.39 is 23.7 Å². The van der Waals surface area contributed by atoms with Gasteiger partial charge in [0.05, 0.1) is 11.6 Å². The fourth-order valence-corrected chi connectivity index (χ4v) is 3.66. The third-order valence-corrected chi connectivity index (χ3v) is 6.30. The highest BCUT2D eigenvalue weighted by Gasteiger charge is 2.57. The molecule has 0 saturated carbocycles. The second-order valence-electron chi connectivity index (χ2n) is 8.81. The summed E-state index contributed by atoms with van der Waals surface area (Å²) in [5.74, 6) is -0.768. The average Bonchev–Trinajstić information content (AvgIpc) is 2.91. The molecule has 0 radical (unpaired) electrons. The summed E-state index contributed by atoms with van der Waals surface area (Å²) < 4.78 is 50.0. The van der Waals surface area contributed by atoms with Gasteiger partial charge in [0, 0.05) is 37.0 Å². The molecule has 0 unspecified atom stereocenters. The molecule has 9 nitrogen and oxygen atoms in total. The SMILES string of the molecule is CCCCCCOc1ccc(-c2nc(O)nc(-c3cc(CNC(=O)[C@@](C)(OC)C(F)(F)F)ccc3Cl)n2)cn1. The number of nitrogens with one attached hydrogen (secondary N) is 1. The van der Waals surface area contributed by atoms with E-state index in [1.165, 1.54) is 24.4 Å². The number of methoxy groups -OCH3 is 1. The smallest absolute Gasteiger partial charge is 0.426 e. The Kier molecular flexibility index (Phi) is 10.0. The van der Waals surface area contributed by atoms with E-state index in [4.69, 9.17) is 16.3 Å². The monoisotopic (exact) mass is 567 g/mol. The molecule has 39 heavy (non-hydrogen) atoms. The second-order valence-corrected chi connectivity index (χ2v) is 9.22. The van der Waals surface area contributed by atoms with Crippen LogP contribution >= 0.6 is 11.6 Å². The molecule has 3 aromatic rings. The van der Waals surface area contributed by atoms with Crippen LogP contribution < -0.4 is 10.1 Å². The van der Waals surface area contributed by atoms with Crippen molar-refractivity contribution in [2.45, 2.75) is 57.9 Å². The van der Waals surface area contributed by atoms with E-state index in [1.54, 1.807) is 12.1 Å². The van der Waals surface area contributed by atoms with Gasteiger partial charge in [-0.05, 0) is 37.1 Å². The molecule has 0 saturated heterocycles. The first-order valence-electron chi connectivity index (χ1n) is 12.2. The lowest BCUT2D eigenvalue weighted by molar-refractivity contribution is -0.253. The third-order valence-electron chi connectivity index (χ3n) is 5.97. The van der Waals surface area contributed by atoms with Crippen LogP contribution in [0.1, 0.15) is 45.1 Å². The molecule has 0 spiro atoms. The maximum absolute atomic E-state index is 13.3. The minimum atomic E-state index is -4.91. The Morgan fingerprint density at radius 1 is 1.08 bits per heavy atom. The van der Waals surface area contributed by atoms with Gasteiger partial charge >= 0.3 is 12.2 Å². The Labute approximate surface area is 228 Å². The Morgan fingerprint density at radius 3 is 2.46 bits per heavy atom. The molecule has 2 aromatic heterocycles. The molecule has 3 rings (SSSR count). The van der Waals surface area contributed by atoms with Gasteiger partial charge in [0.1, 0.15) is 0 Å². The molecule has 1 amide bonds. The molecule has 1 aromatic carbocycles. The van der Waals surface area contributed by atoms with Crippen molar-refractivity contribution >= 4 is 17.5 Å². The van der Waals surface area contributed by atoms with Crippen molar-refractivity contribution in [1.29, 1.82) is 0 Å². The summed E-state index contributed by atoms with van der Waals surface area (Å²) in [6.45, 7) is 3.08. The Hall–Kier alpha value is -3.51. The van der Waals surface area contributed by atoms with E-state index in [-0.39, 0.29) is 28.8 Å². The first kappa shape index (κ1) is 30.0. The Morgan fingerprint density at radius 2 is 1.82 bits per heavy atom. The number of carbonyl (C=O) groups excluding carboxylic acids is 1. The molecule has 2 heterocycles. The third kappa shape index (κ3) is 7.54. The van der Waals surface area contributed by atoms with Crippen molar-refractivity contribution in [3.05, 3.63) is 47.1 Å². The van der Waals surface area contributed by atoms with Crippen molar-refractivity contribution in [1.82, 2.24) is 25.3 Å². The number of aromatic nitrogens is 4. The minimum Gasteiger partial charge on any atom is -0.479 e. The zero-order chi connectivity index (χ0) is 28.6. The predicted octanol–water partition coefficient (Wildman–Crippen LogP) is 5.50. The highest BCUT2D eigenvalue weighted by atomic mass is 35.5. The van der Waals surface area contributed by atoms with Crippen molar-refractivity contribution in [2.24, 2.45) is 0 Å². The standard InChI is InChI=1S/C26H29ClF3N5O4/c1-4-5-6-7-12-39-20-11-9-17(15-31-20)21-33-22(35-24(37)34-21)18-13-16(8-10-19(18)27)14-32-23(36)25(2,38-3)26(28,29)30/h8-11,13,15H,4-7,12,14H2,1-3H3,(H,32,36)(H,33,34,35,37)/t25-/m1/s1. The number of alkyl halides is 3. The van der Waals surface area contributed by atoms with Gasteiger partial charge in [-0.3, -0.25) is 4.79 Å². The van der Waals surface area contributed by atoms with Gasteiger partial charge in [0.25, 0.3) is 5.91 Å². The molecule has 13 heteroatoms. The molecule has 0 aliphatic rings. The predicted molar refractivity (Wildman–Crippen MR) is 138 cm³/mol. The normalized spacial score (nSPS) is 13.1. The number of aromatic hydroxyl groups is 1. The van der Waals surface area contributed by atoms with E-state index in [0.29, 0.717) is 30.5 Å². The number of unbranched alkanes of at least 4 members (excludes halogenated alkanes) is 3. The number of pyridine rings is 1. The van der Waals surface area contributed by atoms with Crippen LogP contribution in [0.4, 0.5) is 13.2 Å². The molecule has 0 bridgehead atoms. The van der Waals surface area contributed by atoms with Crippen molar-refractivity contribution in [3.63, 3.8) is 0 Å². The molecular formula is C26H29ClF3N5O4. The van der Waals surface area contributed by atoms with Gasteiger partial charge in [-0.25, -0.2) is 9.97 Å². The van der Waals surface area contributed by atoms with Crippen LogP contribution in [0.2, 0.25) is 5.02 Å². The van der Waals surface area contributed by atoms with Gasteiger partial charge < -0.3 is 19.9 Å². The van der Waals surface area contributed by atoms with Crippen molar-refractivity contribution in [3.8, 4) is 34.7 Å². The van der Waals surface area contributed by atoms with Crippen molar-refractivity contribution in [2.75, 3.05) is 13.7 Å². The lowest BCUT2D eigenvalue weighted by Crippen LogP contribution is -2.55. The number of benzene rings is 1. The first-order chi connectivity index (χ1) is 18.5. The van der Waals surface area contributed by atoms with Crippen LogP contribution in [-0.2, 0) is 16.1 Å². The minimum absolute atomic E-state index is 0.0175. The molecule has 210 valence electrons. The Bertz CT molecular complexity index is 1280. The maximum atomic E-state index is 13.3. The summed E-state index contributed by atoms with van der Waals surface area (Å²) in [5.41, 5.74) is -1.85. The van der Waals surface area contributed by atoms with E-state index >= 15 is 0 Å². The summed E-state index contributed by atoms with van der Waals surface area (Å²) in [6, 6.07) is 7.28. The maximum Gasteiger partial charge on any atom is 0.426 e. The lowest BCUT2D eigenvalue weighted by Gasteiger charge is -2.29. The molecular weight excluding hydrogens is 539 g/mol. The Balaban J connectivity index is 1.78. The van der Waals surface area contributed by atoms with Crippen molar-refractivity contribution < 1.29 is 32.5 Å². The summed E-state index contributed by atoms with van der Waals surface area (Å²) in [6.07, 6.45) is 0.880. The highest BCUT2D eigenvalue weighted by Crippen LogP contribution is 2.33. The van der Waals surface area contributed by atoms with Gasteiger partial charge in [0.15, 0.2) is 11.6 Å². The van der Waals surface area contributed by atoms with Crippen LogP contribution in [0.3, 0.4) is 0 Å². The highest BCUT2D eigenvalue weighted by molar-refractivity contribution is 6.33. The fourth-order valence-electron chi connectivity index (χ4n) is 3.46. The van der Waals surface area contributed by atoms with Crippen LogP contribution in [-0.4, -0.2) is 56.4 Å². The summed E-state index contributed by atoms with van der Waals surface area (Å²) in [5, 5.41) is 12.6. The zero-order valence-electron chi connectivity index (χ0n) is 21.7. The quantitative estimate of drug-likeness (QED) is 0.275. The van der Waals surface area contributed by atoms with Crippen LogP contribution in [0.5, 0.6) is 11.9 Å². The van der Waals surface area contributed by atoms with Gasteiger partial charge in [-0.2, -0.15) is 23.1 Å². The van der Waals surface area contributed by atoms with E-state index in [0.717, 1.165) is 32.8 Å². The molecule has 0 aliphatic carbocycles. The number of nitrogens with zero attached hydrogens (tertiary/aromatic N) is 4. The largest absolute Gasteiger partial charge is 0.479 e. The van der Waals surface area contributed by atoms with Gasteiger partial charge in [-0.15, -0.1) is 0 Å². The van der Waals surface area contributed by atoms with Crippen LogP contribution in [0.15, 0.2) is 36.5 Å².